The van der Waals surface area contributed by atoms with Crippen molar-refractivity contribution >= 4 is 16.5 Å². The van der Waals surface area contributed by atoms with E-state index in [-0.39, 0.29) is 24.8 Å². The highest BCUT2D eigenvalue weighted by molar-refractivity contribution is 5.83. The van der Waals surface area contributed by atoms with Crippen molar-refractivity contribution in [2.75, 3.05) is 18.4 Å². The van der Waals surface area contributed by atoms with Gasteiger partial charge in [-0.2, -0.15) is 26.3 Å². The largest absolute Gasteiger partial charge is 0.416 e. The Labute approximate surface area is 193 Å². The van der Waals surface area contributed by atoms with Gasteiger partial charge in [0.1, 0.15) is 0 Å². The average Bonchev–Trinajstić information content (AvgIpc) is 2.74. The molecule has 3 nitrogen and oxygen atoms in total. The van der Waals surface area contributed by atoms with Gasteiger partial charge in [0.15, 0.2) is 0 Å². The van der Waals surface area contributed by atoms with Gasteiger partial charge in [-0.15, -0.1) is 0 Å². The summed E-state index contributed by atoms with van der Waals surface area (Å²) in [7, 11) is 0. The number of rotatable bonds is 8. The van der Waals surface area contributed by atoms with Gasteiger partial charge in [-0.25, -0.2) is 0 Å². The normalized spacial score (nSPS) is 13.8. The molecule has 0 aliphatic rings. The molecule has 0 saturated heterocycles. The molecular formula is C25H26F6N2O. The van der Waals surface area contributed by atoms with E-state index in [0.29, 0.717) is 18.6 Å². The van der Waals surface area contributed by atoms with Gasteiger partial charge in [-0.3, -0.25) is 0 Å². The minimum Gasteiger partial charge on any atom is -0.390 e. The Hall–Kier alpha value is -2.78. The first-order valence-corrected chi connectivity index (χ1v) is 10.7. The summed E-state index contributed by atoms with van der Waals surface area (Å²) in [6.07, 6.45) is -10.2. The molecule has 0 aliphatic carbocycles. The van der Waals surface area contributed by atoms with Crippen molar-refractivity contribution in [1.82, 2.24) is 5.32 Å². The molecule has 3 aromatic carbocycles. The molecule has 3 rings (SSSR count). The van der Waals surface area contributed by atoms with Crippen LogP contribution in [0.1, 0.15) is 30.5 Å². The first-order chi connectivity index (χ1) is 15.7. The predicted octanol–water partition coefficient (Wildman–Crippen LogP) is 6.26. The van der Waals surface area contributed by atoms with Crippen LogP contribution in [0.5, 0.6) is 0 Å². The molecule has 0 heterocycles. The van der Waals surface area contributed by atoms with E-state index < -0.39 is 35.1 Å². The Bertz CT molecular complexity index is 1090. The van der Waals surface area contributed by atoms with Gasteiger partial charge in [-0.05, 0) is 54.8 Å². The first kappa shape index (κ1) is 25.8. The lowest BCUT2D eigenvalue weighted by atomic mass is 9.93. The standard InChI is InChI=1S/C25H26F6N2O/c1-23(2,13-16-7-8-17-5-3-4-6-18(17)9-16)33-15-22(34)14-32-21-11-19(24(26,27)28)10-20(12-21)25(29,30)31/h3-12,22,32-34H,13-15H2,1-2H3. The van der Waals surface area contributed by atoms with Crippen molar-refractivity contribution in [3.8, 4) is 0 Å². The summed E-state index contributed by atoms with van der Waals surface area (Å²) >= 11 is 0. The van der Waals surface area contributed by atoms with Gasteiger partial charge in [0.2, 0.25) is 0 Å². The lowest BCUT2D eigenvalue weighted by molar-refractivity contribution is -0.143. The molecule has 3 aromatic rings. The van der Waals surface area contributed by atoms with Crippen molar-refractivity contribution in [3.63, 3.8) is 0 Å². The van der Waals surface area contributed by atoms with Gasteiger partial charge in [0, 0.05) is 24.3 Å². The fourth-order valence-corrected chi connectivity index (χ4v) is 3.68. The van der Waals surface area contributed by atoms with Crippen LogP contribution in [0.2, 0.25) is 0 Å². The van der Waals surface area contributed by atoms with Crippen LogP contribution in [-0.4, -0.2) is 29.8 Å². The number of hydrogen-bond acceptors (Lipinski definition) is 3. The Balaban J connectivity index is 1.59. The van der Waals surface area contributed by atoms with E-state index in [9.17, 15) is 31.4 Å². The average molecular weight is 484 g/mol. The summed E-state index contributed by atoms with van der Waals surface area (Å²) < 4.78 is 78.0. The fourth-order valence-electron chi connectivity index (χ4n) is 3.68. The smallest absolute Gasteiger partial charge is 0.390 e. The monoisotopic (exact) mass is 484 g/mol. The molecular weight excluding hydrogens is 458 g/mol. The number of anilines is 1. The van der Waals surface area contributed by atoms with E-state index in [1.54, 1.807) is 0 Å². The number of alkyl halides is 6. The Morgan fingerprint density at radius 3 is 1.94 bits per heavy atom. The van der Waals surface area contributed by atoms with Crippen molar-refractivity contribution in [1.29, 1.82) is 0 Å². The molecule has 9 heteroatoms. The highest BCUT2D eigenvalue weighted by atomic mass is 19.4. The molecule has 1 atom stereocenters. The van der Waals surface area contributed by atoms with Gasteiger partial charge >= 0.3 is 12.4 Å². The van der Waals surface area contributed by atoms with E-state index in [1.165, 1.54) is 0 Å². The van der Waals surface area contributed by atoms with Crippen LogP contribution in [0.15, 0.2) is 60.7 Å². The summed E-state index contributed by atoms with van der Waals surface area (Å²) in [5.74, 6) is 0. The number of fused-ring (bicyclic) bond motifs is 1. The van der Waals surface area contributed by atoms with Crippen LogP contribution in [0.25, 0.3) is 10.8 Å². The third-order valence-electron chi connectivity index (χ3n) is 5.41. The maximum atomic E-state index is 13.0. The molecule has 0 bridgehead atoms. The Morgan fingerprint density at radius 1 is 0.765 bits per heavy atom. The second-order valence-electron chi connectivity index (χ2n) is 8.95. The van der Waals surface area contributed by atoms with E-state index in [2.05, 4.69) is 16.7 Å². The molecule has 0 spiro atoms. The summed E-state index contributed by atoms with van der Waals surface area (Å²) in [6.45, 7) is 3.77. The van der Waals surface area contributed by atoms with E-state index in [4.69, 9.17) is 0 Å². The molecule has 0 saturated carbocycles. The zero-order valence-electron chi connectivity index (χ0n) is 18.7. The summed E-state index contributed by atoms with van der Waals surface area (Å²) in [5, 5.41) is 18.2. The molecule has 3 N–H and O–H groups in total. The lowest BCUT2D eigenvalue weighted by Crippen LogP contribution is -2.46. The van der Waals surface area contributed by atoms with Crippen LogP contribution >= 0.6 is 0 Å². The van der Waals surface area contributed by atoms with E-state index in [0.717, 1.165) is 16.3 Å². The second-order valence-corrected chi connectivity index (χ2v) is 8.95. The number of aliphatic hydroxyl groups excluding tert-OH is 1. The van der Waals surface area contributed by atoms with Gasteiger partial charge in [-0.1, -0.05) is 42.5 Å². The molecule has 0 amide bonds. The number of halogens is 6. The van der Waals surface area contributed by atoms with Crippen molar-refractivity contribution in [3.05, 3.63) is 77.4 Å². The number of hydrogen-bond donors (Lipinski definition) is 3. The quantitative estimate of drug-likeness (QED) is 0.331. The second kappa shape index (κ2) is 9.84. The van der Waals surface area contributed by atoms with Gasteiger partial charge in [0.05, 0.1) is 17.2 Å². The van der Waals surface area contributed by atoms with Crippen LogP contribution in [0, 0.1) is 0 Å². The van der Waals surface area contributed by atoms with Crippen molar-refractivity contribution in [2.45, 2.75) is 44.3 Å². The van der Waals surface area contributed by atoms with Crippen LogP contribution in [0.3, 0.4) is 0 Å². The highest BCUT2D eigenvalue weighted by Gasteiger charge is 2.37. The van der Waals surface area contributed by atoms with E-state index >= 15 is 0 Å². The molecule has 1 unspecified atom stereocenters. The minimum absolute atomic E-state index is 0.0679. The van der Waals surface area contributed by atoms with Gasteiger partial charge < -0.3 is 15.7 Å². The molecule has 0 fully saturated rings. The van der Waals surface area contributed by atoms with Crippen LogP contribution in [0.4, 0.5) is 32.0 Å². The molecule has 184 valence electrons. The number of nitrogens with one attached hydrogen (secondary N) is 2. The predicted molar refractivity (Wildman–Crippen MR) is 121 cm³/mol. The zero-order chi connectivity index (χ0) is 25.1. The third kappa shape index (κ3) is 7.11. The Kier molecular flexibility index (Phi) is 7.47. The topological polar surface area (TPSA) is 44.3 Å². The number of β-amino-alcohol motifs (C(OH)–C–C–N with tert-alkyl or cyclic N) is 1. The highest BCUT2D eigenvalue weighted by Crippen LogP contribution is 2.37. The molecule has 0 aliphatic heterocycles. The maximum absolute atomic E-state index is 13.0. The summed E-state index contributed by atoms with van der Waals surface area (Å²) in [5.41, 5.74) is -2.50. The molecule has 34 heavy (non-hydrogen) atoms. The SMILES string of the molecule is CC(C)(Cc1ccc2ccccc2c1)NCC(O)CNc1cc(C(F)(F)F)cc(C(F)(F)F)c1. The minimum atomic E-state index is -4.93. The lowest BCUT2D eigenvalue weighted by Gasteiger charge is -2.28. The summed E-state index contributed by atoms with van der Waals surface area (Å²) in [4.78, 5) is 0. The van der Waals surface area contributed by atoms with Crippen LogP contribution in [-0.2, 0) is 18.8 Å². The molecule has 0 radical (unpaired) electrons. The zero-order valence-corrected chi connectivity index (χ0v) is 18.7. The fraction of sp³-hybridized carbons (Fsp3) is 0.360. The third-order valence-corrected chi connectivity index (χ3v) is 5.41. The number of aliphatic hydroxyl groups is 1. The number of benzene rings is 3. The van der Waals surface area contributed by atoms with Crippen molar-refractivity contribution < 1.29 is 31.4 Å². The van der Waals surface area contributed by atoms with Gasteiger partial charge in [0.25, 0.3) is 0 Å². The first-order valence-electron chi connectivity index (χ1n) is 10.7. The van der Waals surface area contributed by atoms with E-state index in [1.807, 2.05) is 50.2 Å². The maximum Gasteiger partial charge on any atom is 0.416 e. The molecule has 0 aromatic heterocycles. The summed E-state index contributed by atoms with van der Waals surface area (Å²) in [6, 6.07) is 15.4. The Morgan fingerprint density at radius 2 is 1.35 bits per heavy atom. The van der Waals surface area contributed by atoms with Crippen LogP contribution < -0.4 is 10.6 Å². The van der Waals surface area contributed by atoms with Crippen molar-refractivity contribution in [2.24, 2.45) is 0 Å².